The Morgan fingerprint density at radius 1 is 1.25 bits per heavy atom. The van der Waals surface area contributed by atoms with Crippen LogP contribution in [0.15, 0.2) is 47.0 Å². The molecule has 0 amide bonds. The van der Waals surface area contributed by atoms with Crippen LogP contribution in [0, 0.1) is 12.7 Å². The van der Waals surface area contributed by atoms with E-state index in [-0.39, 0.29) is 11.9 Å². The molecule has 5 nitrogen and oxygen atoms in total. The van der Waals surface area contributed by atoms with E-state index in [0.717, 1.165) is 5.56 Å². The first kappa shape index (κ1) is 19.1. The normalized spacial score (nSPS) is 20.0. The van der Waals surface area contributed by atoms with Crippen molar-refractivity contribution in [2.45, 2.75) is 38.5 Å². The van der Waals surface area contributed by atoms with Crippen LogP contribution in [0.2, 0.25) is 5.02 Å². The molecule has 1 fully saturated rings. The van der Waals surface area contributed by atoms with Crippen LogP contribution in [0.3, 0.4) is 0 Å². The van der Waals surface area contributed by atoms with Crippen molar-refractivity contribution in [2.24, 2.45) is 0 Å². The standard InChI is InChI=1S/C21H21ClFN3O2/c1-13-4-2-3-5-15(13)11-26-12-17(27)10-19(26)21-24-20(25-28-21)8-14-6-7-16(23)9-18(14)22/h2-7,9,17,19,27H,8,10-12H2,1H3. The van der Waals surface area contributed by atoms with Gasteiger partial charge in [0.2, 0.25) is 5.89 Å². The van der Waals surface area contributed by atoms with E-state index >= 15 is 0 Å². The van der Waals surface area contributed by atoms with E-state index in [9.17, 15) is 9.50 Å². The first-order valence-electron chi connectivity index (χ1n) is 9.22. The molecular formula is C21H21ClFN3O2. The van der Waals surface area contributed by atoms with Crippen molar-refractivity contribution in [3.8, 4) is 0 Å². The predicted molar refractivity (Wildman–Crippen MR) is 103 cm³/mol. The third-order valence-electron chi connectivity index (χ3n) is 5.15. The molecule has 1 N–H and O–H groups in total. The topological polar surface area (TPSA) is 62.4 Å². The summed E-state index contributed by atoms with van der Waals surface area (Å²) in [4.78, 5) is 6.68. The highest BCUT2D eigenvalue weighted by Gasteiger charge is 2.36. The minimum Gasteiger partial charge on any atom is -0.392 e. The Bertz CT molecular complexity index is 978. The van der Waals surface area contributed by atoms with Gasteiger partial charge in [-0.3, -0.25) is 4.90 Å². The second kappa shape index (κ2) is 7.99. The van der Waals surface area contributed by atoms with Gasteiger partial charge < -0.3 is 9.63 Å². The highest BCUT2D eigenvalue weighted by molar-refractivity contribution is 6.31. The Kier molecular flexibility index (Phi) is 5.44. The highest BCUT2D eigenvalue weighted by atomic mass is 35.5. The van der Waals surface area contributed by atoms with Gasteiger partial charge in [-0.25, -0.2) is 4.39 Å². The largest absolute Gasteiger partial charge is 0.392 e. The van der Waals surface area contributed by atoms with Crippen molar-refractivity contribution in [2.75, 3.05) is 6.54 Å². The highest BCUT2D eigenvalue weighted by Crippen LogP contribution is 2.33. The molecule has 2 atom stereocenters. The molecule has 0 saturated carbocycles. The maximum atomic E-state index is 13.2. The van der Waals surface area contributed by atoms with Crippen LogP contribution < -0.4 is 0 Å². The molecule has 146 valence electrons. The minimum absolute atomic E-state index is 0.139. The average molecular weight is 402 g/mol. The number of aliphatic hydroxyl groups excluding tert-OH is 1. The summed E-state index contributed by atoms with van der Waals surface area (Å²) >= 11 is 6.09. The van der Waals surface area contributed by atoms with Gasteiger partial charge in [0.1, 0.15) is 5.82 Å². The molecule has 2 heterocycles. The Balaban J connectivity index is 1.52. The van der Waals surface area contributed by atoms with Crippen LogP contribution in [0.25, 0.3) is 0 Å². The fourth-order valence-electron chi connectivity index (χ4n) is 3.63. The molecule has 0 spiro atoms. The number of likely N-dealkylation sites (tertiary alicyclic amines) is 1. The molecular weight excluding hydrogens is 381 g/mol. The number of benzene rings is 2. The van der Waals surface area contributed by atoms with Crippen molar-refractivity contribution in [3.05, 3.63) is 81.7 Å². The van der Waals surface area contributed by atoms with Gasteiger partial charge in [0, 0.05) is 24.5 Å². The molecule has 0 aliphatic carbocycles. The molecule has 4 rings (SSSR count). The molecule has 0 bridgehead atoms. The molecule has 2 aromatic carbocycles. The summed E-state index contributed by atoms with van der Waals surface area (Å²) in [5, 5.41) is 14.6. The summed E-state index contributed by atoms with van der Waals surface area (Å²) in [7, 11) is 0. The number of aliphatic hydroxyl groups is 1. The SMILES string of the molecule is Cc1ccccc1CN1CC(O)CC1c1nc(Cc2ccc(F)cc2Cl)no1. The zero-order valence-corrected chi connectivity index (χ0v) is 16.2. The van der Waals surface area contributed by atoms with Crippen LogP contribution in [0.4, 0.5) is 4.39 Å². The van der Waals surface area contributed by atoms with Crippen LogP contribution in [-0.2, 0) is 13.0 Å². The summed E-state index contributed by atoms with van der Waals surface area (Å²) in [5.74, 6) is 0.591. The number of aryl methyl sites for hydroxylation is 1. The van der Waals surface area contributed by atoms with Gasteiger partial charge in [-0.05, 0) is 42.2 Å². The maximum absolute atomic E-state index is 13.2. The molecule has 3 aromatic rings. The van der Waals surface area contributed by atoms with E-state index in [1.165, 1.54) is 23.3 Å². The molecule has 1 aliphatic rings. The molecule has 1 saturated heterocycles. The fraction of sp³-hybridized carbons (Fsp3) is 0.333. The number of hydrogen-bond donors (Lipinski definition) is 1. The molecule has 0 radical (unpaired) electrons. The van der Waals surface area contributed by atoms with Crippen LogP contribution in [0.1, 0.15) is 40.9 Å². The van der Waals surface area contributed by atoms with Crippen molar-refractivity contribution in [1.82, 2.24) is 15.0 Å². The zero-order chi connectivity index (χ0) is 19.7. The van der Waals surface area contributed by atoms with E-state index in [1.807, 2.05) is 12.1 Å². The average Bonchev–Trinajstić information content (AvgIpc) is 3.26. The number of hydrogen-bond acceptors (Lipinski definition) is 5. The van der Waals surface area contributed by atoms with Gasteiger partial charge in [-0.1, -0.05) is 47.1 Å². The van der Waals surface area contributed by atoms with Gasteiger partial charge in [0.25, 0.3) is 0 Å². The van der Waals surface area contributed by atoms with Gasteiger partial charge in [-0.2, -0.15) is 4.98 Å². The molecule has 28 heavy (non-hydrogen) atoms. The summed E-state index contributed by atoms with van der Waals surface area (Å²) in [6.45, 7) is 3.34. The fourth-order valence-corrected chi connectivity index (χ4v) is 3.86. The van der Waals surface area contributed by atoms with E-state index < -0.39 is 6.10 Å². The maximum Gasteiger partial charge on any atom is 0.244 e. The van der Waals surface area contributed by atoms with Gasteiger partial charge in [0.15, 0.2) is 5.82 Å². The quantitative estimate of drug-likeness (QED) is 0.698. The monoisotopic (exact) mass is 401 g/mol. The van der Waals surface area contributed by atoms with Crippen molar-refractivity contribution in [1.29, 1.82) is 0 Å². The molecule has 1 aliphatic heterocycles. The third kappa shape index (κ3) is 4.09. The third-order valence-corrected chi connectivity index (χ3v) is 5.50. The Morgan fingerprint density at radius 2 is 2.07 bits per heavy atom. The zero-order valence-electron chi connectivity index (χ0n) is 15.5. The number of halogens is 2. The second-order valence-corrected chi connectivity index (χ2v) is 7.63. The van der Waals surface area contributed by atoms with E-state index in [1.54, 1.807) is 6.07 Å². The summed E-state index contributed by atoms with van der Waals surface area (Å²) in [6.07, 6.45) is 0.469. The second-order valence-electron chi connectivity index (χ2n) is 7.22. The van der Waals surface area contributed by atoms with Gasteiger partial charge in [0.05, 0.1) is 12.1 Å². The Morgan fingerprint density at radius 3 is 2.86 bits per heavy atom. The lowest BCUT2D eigenvalue weighted by Gasteiger charge is -2.22. The van der Waals surface area contributed by atoms with E-state index in [2.05, 4.69) is 34.1 Å². The lowest BCUT2D eigenvalue weighted by Crippen LogP contribution is -2.25. The van der Waals surface area contributed by atoms with Gasteiger partial charge >= 0.3 is 0 Å². The first-order chi connectivity index (χ1) is 13.5. The molecule has 2 unspecified atom stereocenters. The van der Waals surface area contributed by atoms with E-state index in [0.29, 0.717) is 42.7 Å². The first-order valence-corrected chi connectivity index (χ1v) is 9.60. The minimum atomic E-state index is -0.434. The van der Waals surface area contributed by atoms with Crippen LogP contribution in [0.5, 0.6) is 0 Å². The number of aromatic nitrogens is 2. The summed E-state index contributed by atoms with van der Waals surface area (Å²) in [5.41, 5.74) is 3.15. The number of β-amino-alcohol motifs (C(OH)–C–C–N with tert-alkyl or cyclic N) is 1. The summed E-state index contributed by atoms with van der Waals surface area (Å²) in [6, 6.07) is 12.3. The van der Waals surface area contributed by atoms with Crippen molar-refractivity contribution >= 4 is 11.6 Å². The smallest absolute Gasteiger partial charge is 0.244 e. The molecule has 1 aromatic heterocycles. The number of rotatable bonds is 5. The van der Waals surface area contributed by atoms with Crippen LogP contribution in [-0.4, -0.2) is 32.8 Å². The summed E-state index contributed by atoms with van der Waals surface area (Å²) < 4.78 is 18.7. The predicted octanol–water partition coefficient (Wildman–Crippen LogP) is 4.07. The lowest BCUT2D eigenvalue weighted by atomic mass is 10.1. The van der Waals surface area contributed by atoms with Crippen molar-refractivity contribution < 1.29 is 14.0 Å². The Hall–Kier alpha value is -2.28. The van der Waals surface area contributed by atoms with E-state index in [4.69, 9.17) is 16.1 Å². The van der Waals surface area contributed by atoms with Gasteiger partial charge in [-0.15, -0.1) is 0 Å². The number of nitrogens with zero attached hydrogens (tertiary/aromatic N) is 3. The van der Waals surface area contributed by atoms with Crippen molar-refractivity contribution in [3.63, 3.8) is 0 Å². The lowest BCUT2D eigenvalue weighted by molar-refractivity contribution is 0.169. The molecule has 7 heteroatoms. The van der Waals surface area contributed by atoms with Crippen LogP contribution >= 0.6 is 11.6 Å². The Labute approximate surface area is 167 Å².